The van der Waals surface area contributed by atoms with Crippen molar-refractivity contribution >= 4 is 0 Å². The standard InChI is InChI=1S/C16H18N2O/c1-12-2-6-15(7-3-12)19-16-11-17-9-8-13(16)10-18-14-4-5-14/h2-3,6-9,11,14,18H,4-5,10H2,1H3. The predicted molar refractivity (Wildman–Crippen MR) is 75.4 cm³/mol. The highest BCUT2D eigenvalue weighted by atomic mass is 16.5. The first-order valence-electron chi connectivity index (χ1n) is 6.72. The average molecular weight is 254 g/mol. The fraction of sp³-hybridized carbons (Fsp3) is 0.312. The minimum absolute atomic E-state index is 0.695. The highest BCUT2D eigenvalue weighted by molar-refractivity contribution is 5.36. The third kappa shape index (κ3) is 3.32. The Morgan fingerprint density at radius 1 is 1.21 bits per heavy atom. The second-order valence-corrected chi connectivity index (χ2v) is 5.05. The van der Waals surface area contributed by atoms with E-state index in [0.29, 0.717) is 6.04 Å². The van der Waals surface area contributed by atoms with Crippen LogP contribution in [0.5, 0.6) is 11.5 Å². The molecule has 98 valence electrons. The third-order valence-corrected chi connectivity index (χ3v) is 3.28. The number of benzene rings is 1. The molecule has 19 heavy (non-hydrogen) atoms. The molecule has 0 bridgehead atoms. The molecule has 1 fully saturated rings. The minimum Gasteiger partial charge on any atom is -0.455 e. The number of hydrogen-bond acceptors (Lipinski definition) is 3. The number of pyridine rings is 1. The number of hydrogen-bond donors (Lipinski definition) is 1. The van der Waals surface area contributed by atoms with Gasteiger partial charge in [0.15, 0.2) is 0 Å². The van der Waals surface area contributed by atoms with Crippen molar-refractivity contribution in [2.75, 3.05) is 0 Å². The molecule has 0 spiro atoms. The maximum absolute atomic E-state index is 5.91. The summed E-state index contributed by atoms with van der Waals surface area (Å²) in [4.78, 5) is 4.15. The molecule has 3 rings (SSSR count). The molecule has 1 aliphatic carbocycles. The molecule has 1 N–H and O–H groups in total. The quantitative estimate of drug-likeness (QED) is 0.887. The van der Waals surface area contributed by atoms with Gasteiger partial charge in [0.05, 0.1) is 6.20 Å². The van der Waals surface area contributed by atoms with Gasteiger partial charge in [-0.2, -0.15) is 0 Å². The van der Waals surface area contributed by atoms with Gasteiger partial charge in [0.1, 0.15) is 11.5 Å². The topological polar surface area (TPSA) is 34.1 Å². The van der Waals surface area contributed by atoms with Crippen LogP contribution in [0.3, 0.4) is 0 Å². The zero-order chi connectivity index (χ0) is 13.1. The smallest absolute Gasteiger partial charge is 0.150 e. The number of nitrogens with one attached hydrogen (secondary N) is 1. The minimum atomic E-state index is 0.695. The zero-order valence-corrected chi connectivity index (χ0v) is 11.1. The van der Waals surface area contributed by atoms with Crippen molar-refractivity contribution in [3.63, 3.8) is 0 Å². The molecule has 1 aromatic carbocycles. The Labute approximate surface area is 113 Å². The fourth-order valence-corrected chi connectivity index (χ4v) is 1.92. The first-order valence-corrected chi connectivity index (χ1v) is 6.72. The van der Waals surface area contributed by atoms with Gasteiger partial charge in [-0.05, 0) is 38.0 Å². The summed E-state index contributed by atoms with van der Waals surface area (Å²) in [6.07, 6.45) is 6.17. The molecule has 1 aliphatic rings. The molecule has 1 saturated carbocycles. The normalized spacial score (nSPS) is 14.4. The van der Waals surface area contributed by atoms with Gasteiger partial charge in [-0.1, -0.05) is 17.7 Å². The highest BCUT2D eigenvalue weighted by Gasteiger charge is 2.20. The molecule has 2 aromatic rings. The monoisotopic (exact) mass is 254 g/mol. The fourth-order valence-electron chi connectivity index (χ4n) is 1.92. The Hall–Kier alpha value is -1.87. The summed E-state index contributed by atoms with van der Waals surface area (Å²) in [5.41, 5.74) is 2.39. The number of ether oxygens (including phenoxy) is 1. The molecule has 3 nitrogen and oxygen atoms in total. The van der Waals surface area contributed by atoms with E-state index in [9.17, 15) is 0 Å². The van der Waals surface area contributed by atoms with Crippen LogP contribution in [0, 0.1) is 6.92 Å². The van der Waals surface area contributed by atoms with E-state index in [2.05, 4.69) is 17.2 Å². The van der Waals surface area contributed by atoms with E-state index in [0.717, 1.165) is 23.6 Å². The van der Waals surface area contributed by atoms with Crippen molar-refractivity contribution in [2.24, 2.45) is 0 Å². The van der Waals surface area contributed by atoms with Crippen LogP contribution in [-0.2, 0) is 6.54 Å². The van der Waals surface area contributed by atoms with E-state index in [1.165, 1.54) is 18.4 Å². The third-order valence-electron chi connectivity index (χ3n) is 3.28. The van der Waals surface area contributed by atoms with Crippen LogP contribution in [0.4, 0.5) is 0 Å². The number of nitrogens with zero attached hydrogens (tertiary/aromatic N) is 1. The van der Waals surface area contributed by atoms with Crippen LogP contribution < -0.4 is 10.1 Å². The van der Waals surface area contributed by atoms with E-state index in [-0.39, 0.29) is 0 Å². The van der Waals surface area contributed by atoms with E-state index in [4.69, 9.17) is 4.74 Å². The van der Waals surface area contributed by atoms with Crippen molar-refractivity contribution in [3.05, 3.63) is 53.9 Å². The van der Waals surface area contributed by atoms with Crippen LogP contribution in [-0.4, -0.2) is 11.0 Å². The Kier molecular flexibility index (Phi) is 3.47. The average Bonchev–Trinajstić information content (AvgIpc) is 3.25. The molecule has 0 unspecified atom stereocenters. The van der Waals surface area contributed by atoms with Crippen LogP contribution in [0.1, 0.15) is 24.0 Å². The summed E-state index contributed by atoms with van der Waals surface area (Å²) in [5.74, 6) is 1.69. The lowest BCUT2D eigenvalue weighted by Gasteiger charge is -2.11. The molecule has 1 aromatic heterocycles. The Morgan fingerprint density at radius 3 is 2.74 bits per heavy atom. The van der Waals surface area contributed by atoms with Gasteiger partial charge in [-0.25, -0.2) is 0 Å². The lowest BCUT2D eigenvalue weighted by atomic mass is 10.2. The summed E-state index contributed by atoms with van der Waals surface area (Å²) >= 11 is 0. The van der Waals surface area contributed by atoms with Crippen molar-refractivity contribution < 1.29 is 4.74 Å². The maximum atomic E-state index is 5.91. The molecule has 0 saturated heterocycles. The SMILES string of the molecule is Cc1ccc(Oc2cnccc2CNC2CC2)cc1. The van der Waals surface area contributed by atoms with Gasteiger partial charge in [0, 0.05) is 24.3 Å². The molecular formula is C16H18N2O. The summed E-state index contributed by atoms with van der Waals surface area (Å²) in [5, 5.41) is 3.50. The molecule has 0 atom stereocenters. The lowest BCUT2D eigenvalue weighted by molar-refractivity contribution is 0.470. The Bertz CT molecular complexity index is 547. The maximum Gasteiger partial charge on any atom is 0.150 e. The van der Waals surface area contributed by atoms with Crippen molar-refractivity contribution in [1.29, 1.82) is 0 Å². The number of rotatable bonds is 5. The molecule has 1 heterocycles. The van der Waals surface area contributed by atoms with Crippen molar-refractivity contribution in [2.45, 2.75) is 32.4 Å². The van der Waals surface area contributed by atoms with E-state index >= 15 is 0 Å². The number of aromatic nitrogens is 1. The second kappa shape index (κ2) is 5.41. The van der Waals surface area contributed by atoms with Crippen LogP contribution in [0.2, 0.25) is 0 Å². The summed E-state index contributed by atoms with van der Waals surface area (Å²) in [6, 6.07) is 10.8. The summed E-state index contributed by atoms with van der Waals surface area (Å²) < 4.78 is 5.91. The zero-order valence-electron chi connectivity index (χ0n) is 11.1. The first kappa shape index (κ1) is 12.2. The highest BCUT2D eigenvalue weighted by Crippen LogP contribution is 2.26. The van der Waals surface area contributed by atoms with Crippen molar-refractivity contribution in [3.8, 4) is 11.5 Å². The Morgan fingerprint density at radius 2 is 2.00 bits per heavy atom. The van der Waals surface area contributed by atoms with Gasteiger partial charge in [0.2, 0.25) is 0 Å². The molecule has 0 radical (unpaired) electrons. The van der Waals surface area contributed by atoms with E-state index in [1.54, 1.807) is 6.20 Å². The lowest BCUT2D eigenvalue weighted by Crippen LogP contribution is -2.15. The van der Waals surface area contributed by atoms with Gasteiger partial charge < -0.3 is 10.1 Å². The molecule has 0 amide bonds. The van der Waals surface area contributed by atoms with Crippen molar-refractivity contribution in [1.82, 2.24) is 10.3 Å². The molecule has 3 heteroatoms. The van der Waals surface area contributed by atoms with Gasteiger partial charge in [-0.15, -0.1) is 0 Å². The second-order valence-electron chi connectivity index (χ2n) is 5.05. The van der Waals surface area contributed by atoms with Gasteiger partial charge in [-0.3, -0.25) is 4.98 Å². The van der Waals surface area contributed by atoms with Crippen LogP contribution in [0.15, 0.2) is 42.7 Å². The van der Waals surface area contributed by atoms with Crippen LogP contribution >= 0.6 is 0 Å². The predicted octanol–water partition coefficient (Wildman–Crippen LogP) is 3.43. The summed E-state index contributed by atoms with van der Waals surface area (Å²) in [6.45, 7) is 2.91. The molecule has 0 aliphatic heterocycles. The van der Waals surface area contributed by atoms with Gasteiger partial charge >= 0.3 is 0 Å². The first-order chi connectivity index (χ1) is 9.31. The van der Waals surface area contributed by atoms with Crippen LogP contribution in [0.25, 0.3) is 0 Å². The molecular weight excluding hydrogens is 236 g/mol. The summed E-state index contributed by atoms with van der Waals surface area (Å²) in [7, 11) is 0. The number of aryl methyl sites for hydroxylation is 1. The largest absolute Gasteiger partial charge is 0.455 e. The van der Waals surface area contributed by atoms with E-state index in [1.807, 2.05) is 36.5 Å². The van der Waals surface area contributed by atoms with Gasteiger partial charge in [0.25, 0.3) is 0 Å². The van der Waals surface area contributed by atoms with E-state index < -0.39 is 0 Å². The Balaban J connectivity index is 1.73.